The molecule has 0 aliphatic carbocycles. The SMILES string of the molecule is O=C(NCc1ccc2c(c1)CCN2C(=O)c1ccccc1)Nc1ccc(F)c(Cl)c1. The third-order valence-electron chi connectivity index (χ3n) is 4.94. The van der Waals surface area contributed by atoms with E-state index in [1.807, 2.05) is 48.5 Å². The summed E-state index contributed by atoms with van der Waals surface area (Å²) in [4.78, 5) is 26.6. The van der Waals surface area contributed by atoms with Crippen molar-refractivity contribution in [1.29, 1.82) is 0 Å². The molecule has 0 aromatic heterocycles. The molecule has 3 aromatic rings. The van der Waals surface area contributed by atoms with Crippen LogP contribution in [0.25, 0.3) is 0 Å². The second-order valence-corrected chi connectivity index (χ2v) is 7.38. The Bertz CT molecular complexity index is 1100. The van der Waals surface area contributed by atoms with Crippen LogP contribution in [-0.2, 0) is 13.0 Å². The van der Waals surface area contributed by atoms with E-state index >= 15 is 0 Å². The summed E-state index contributed by atoms with van der Waals surface area (Å²) in [7, 11) is 0. The summed E-state index contributed by atoms with van der Waals surface area (Å²) in [6.45, 7) is 0.951. The van der Waals surface area contributed by atoms with Gasteiger partial charge in [0.1, 0.15) is 5.82 Å². The van der Waals surface area contributed by atoms with Crippen molar-refractivity contribution < 1.29 is 14.0 Å². The Balaban J connectivity index is 1.38. The van der Waals surface area contributed by atoms with Crippen molar-refractivity contribution >= 4 is 34.9 Å². The van der Waals surface area contributed by atoms with Crippen LogP contribution in [0.4, 0.5) is 20.6 Å². The highest BCUT2D eigenvalue weighted by Gasteiger charge is 2.25. The van der Waals surface area contributed by atoms with Crippen molar-refractivity contribution in [3.05, 3.63) is 94.3 Å². The van der Waals surface area contributed by atoms with Crippen LogP contribution >= 0.6 is 11.6 Å². The number of rotatable bonds is 4. The van der Waals surface area contributed by atoms with Crippen molar-refractivity contribution in [3.63, 3.8) is 0 Å². The number of hydrogen-bond acceptors (Lipinski definition) is 2. The zero-order chi connectivity index (χ0) is 21.1. The zero-order valence-corrected chi connectivity index (χ0v) is 16.7. The first kappa shape index (κ1) is 19.9. The Labute approximate surface area is 178 Å². The van der Waals surface area contributed by atoms with Crippen LogP contribution in [0.3, 0.4) is 0 Å². The lowest BCUT2D eigenvalue weighted by atomic mass is 10.1. The summed E-state index contributed by atoms with van der Waals surface area (Å²) in [5, 5.41) is 5.33. The molecule has 1 aliphatic heterocycles. The highest BCUT2D eigenvalue weighted by Crippen LogP contribution is 2.30. The van der Waals surface area contributed by atoms with E-state index in [1.165, 1.54) is 18.2 Å². The lowest BCUT2D eigenvalue weighted by molar-refractivity contribution is 0.0989. The molecular weight excluding hydrogens is 405 g/mol. The third kappa shape index (κ3) is 4.28. The molecule has 3 amide bonds. The van der Waals surface area contributed by atoms with Gasteiger partial charge >= 0.3 is 6.03 Å². The molecule has 4 rings (SSSR count). The Hall–Kier alpha value is -3.38. The average Bonchev–Trinajstić information content (AvgIpc) is 3.18. The number of nitrogens with zero attached hydrogens (tertiary/aromatic N) is 1. The van der Waals surface area contributed by atoms with Gasteiger partial charge in [-0.05, 0) is 53.9 Å². The van der Waals surface area contributed by atoms with Gasteiger partial charge in [-0.15, -0.1) is 0 Å². The molecule has 0 radical (unpaired) electrons. The van der Waals surface area contributed by atoms with Crippen LogP contribution in [0, 0.1) is 5.82 Å². The second kappa shape index (κ2) is 8.55. The third-order valence-corrected chi connectivity index (χ3v) is 5.23. The second-order valence-electron chi connectivity index (χ2n) is 6.97. The monoisotopic (exact) mass is 423 g/mol. The maximum atomic E-state index is 13.2. The van der Waals surface area contributed by atoms with Crippen molar-refractivity contribution in [2.24, 2.45) is 0 Å². The molecule has 5 nitrogen and oxygen atoms in total. The maximum absolute atomic E-state index is 13.2. The molecule has 7 heteroatoms. The van der Waals surface area contributed by atoms with Crippen LogP contribution in [-0.4, -0.2) is 18.5 Å². The summed E-state index contributed by atoms with van der Waals surface area (Å²) in [5.41, 5.74) is 3.97. The van der Waals surface area contributed by atoms with E-state index in [1.54, 1.807) is 4.90 Å². The molecule has 0 bridgehead atoms. The fraction of sp³-hybridized carbons (Fsp3) is 0.130. The number of anilines is 2. The molecule has 0 saturated carbocycles. The molecule has 0 atom stereocenters. The molecule has 152 valence electrons. The van der Waals surface area contributed by atoms with E-state index in [2.05, 4.69) is 10.6 Å². The number of carbonyl (C=O) groups excluding carboxylic acids is 2. The standard InChI is InChI=1S/C23H19ClFN3O2/c24-19-13-18(7-8-20(19)25)27-23(30)26-14-15-6-9-21-17(12-15)10-11-28(21)22(29)16-4-2-1-3-5-16/h1-9,12-13H,10-11,14H2,(H2,26,27,30). The number of amides is 3. The van der Waals surface area contributed by atoms with Gasteiger partial charge in [0, 0.05) is 30.0 Å². The Morgan fingerprint density at radius 1 is 1.03 bits per heavy atom. The highest BCUT2D eigenvalue weighted by atomic mass is 35.5. The number of hydrogen-bond donors (Lipinski definition) is 2. The number of fused-ring (bicyclic) bond motifs is 1. The minimum absolute atomic E-state index is 0.0161. The molecule has 0 unspecified atom stereocenters. The minimum atomic E-state index is -0.541. The van der Waals surface area contributed by atoms with Gasteiger partial charge in [-0.25, -0.2) is 9.18 Å². The summed E-state index contributed by atoms with van der Waals surface area (Å²) in [5.74, 6) is -0.557. The summed E-state index contributed by atoms with van der Waals surface area (Å²) in [6.07, 6.45) is 0.766. The van der Waals surface area contributed by atoms with Crippen molar-refractivity contribution in [2.45, 2.75) is 13.0 Å². The molecule has 3 aromatic carbocycles. The molecule has 0 spiro atoms. The zero-order valence-electron chi connectivity index (χ0n) is 16.0. The molecule has 0 saturated heterocycles. The molecule has 1 heterocycles. The molecule has 2 N–H and O–H groups in total. The molecule has 0 fully saturated rings. The van der Waals surface area contributed by atoms with Gasteiger partial charge in [-0.3, -0.25) is 4.79 Å². The minimum Gasteiger partial charge on any atom is -0.334 e. The number of benzene rings is 3. The van der Waals surface area contributed by atoms with Crippen LogP contribution < -0.4 is 15.5 Å². The number of halogens is 2. The van der Waals surface area contributed by atoms with Crippen LogP contribution in [0.1, 0.15) is 21.5 Å². The Morgan fingerprint density at radius 3 is 2.60 bits per heavy atom. The lowest BCUT2D eigenvalue weighted by Crippen LogP contribution is -2.29. The largest absolute Gasteiger partial charge is 0.334 e. The molecular formula is C23H19ClFN3O2. The van der Waals surface area contributed by atoms with Crippen molar-refractivity contribution in [2.75, 3.05) is 16.8 Å². The summed E-state index contributed by atoms with van der Waals surface area (Å²) < 4.78 is 13.2. The van der Waals surface area contributed by atoms with E-state index in [4.69, 9.17) is 11.6 Å². The van der Waals surface area contributed by atoms with Gasteiger partial charge in [-0.2, -0.15) is 0 Å². The fourth-order valence-electron chi connectivity index (χ4n) is 3.44. The van der Waals surface area contributed by atoms with E-state index in [9.17, 15) is 14.0 Å². The quantitative estimate of drug-likeness (QED) is 0.620. The average molecular weight is 424 g/mol. The van der Waals surface area contributed by atoms with Crippen LogP contribution in [0.2, 0.25) is 5.02 Å². The van der Waals surface area contributed by atoms with Crippen molar-refractivity contribution in [1.82, 2.24) is 5.32 Å². The number of nitrogens with one attached hydrogen (secondary N) is 2. The van der Waals surface area contributed by atoms with Gasteiger partial charge in [0.25, 0.3) is 5.91 Å². The van der Waals surface area contributed by atoms with E-state index < -0.39 is 11.8 Å². The molecule has 30 heavy (non-hydrogen) atoms. The summed E-state index contributed by atoms with van der Waals surface area (Å²) in [6, 6.07) is 18.6. The van der Waals surface area contributed by atoms with Crippen LogP contribution in [0.5, 0.6) is 0 Å². The number of carbonyl (C=O) groups is 2. The van der Waals surface area contributed by atoms with Crippen molar-refractivity contribution in [3.8, 4) is 0 Å². The smallest absolute Gasteiger partial charge is 0.319 e. The predicted octanol–water partition coefficient (Wildman–Crippen LogP) is 5.00. The molecule has 1 aliphatic rings. The first-order valence-corrected chi connectivity index (χ1v) is 9.88. The van der Waals surface area contributed by atoms with Gasteiger partial charge < -0.3 is 15.5 Å². The predicted molar refractivity (Wildman–Crippen MR) is 116 cm³/mol. The first-order valence-electron chi connectivity index (χ1n) is 9.50. The van der Waals surface area contributed by atoms with Gasteiger partial charge in [0.05, 0.1) is 5.02 Å². The lowest BCUT2D eigenvalue weighted by Gasteiger charge is -2.17. The van der Waals surface area contributed by atoms with E-state index in [-0.39, 0.29) is 10.9 Å². The first-order chi connectivity index (χ1) is 14.5. The normalized spacial score (nSPS) is 12.4. The summed E-state index contributed by atoms with van der Waals surface area (Å²) >= 11 is 5.72. The highest BCUT2D eigenvalue weighted by molar-refractivity contribution is 6.31. The number of urea groups is 1. The Morgan fingerprint density at radius 2 is 1.83 bits per heavy atom. The Kier molecular flexibility index (Phi) is 5.68. The van der Waals surface area contributed by atoms with Gasteiger partial charge in [0.2, 0.25) is 0 Å². The van der Waals surface area contributed by atoms with E-state index in [0.717, 1.165) is 23.2 Å². The topological polar surface area (TPSA) is 61.4 Å². The maximum Gasteiger partial charge on any atom is 0.319 e. The fourth-order valence-corrected chi connectivity index (χ4v) is 3.62. The van der Waals surface area contributed by atoms with Gasteiger partial charge in [0.15, 0.2) is 0 Å². The van der Waals surface area contributed by atoms with E-state index in [0.29, 0.717) is 24.3 Å². The van der Waals surface area contributed by atoms with Crippen LogP contribution in [0.15, 0.2) is 66.7 Å². The van der Waals surface area contributed by atoms with Gasteiger partial charge in [-0.1, -0.05) is 41.9 Å².